The van der Waals surface area contributed by atoms with Gasteiger partial charge in [-0.2, -0.15) is 0 Å². The van der Waals surface area contributed by atoms with Gasteiger partial charge in [-0.25, -0.2) is 13.6 Å². The lowest BCUT2D eigenvalue weighted by Crippen LogP contribution is -2.37. The van der Waals surface area contributed by atoms with Gasteiger partial charge in [0, 0.05) is 5.92 Å². The fraction of sp³-hybridized carbons (Fsp3) is 0.909. The molecular formula is C11H18F2O3. The number of hydrogen-bond acceptors (Lipinski definition) is 3. The summed E-state index contributed by atoms with van der Waals surface area (Å²) in [6.07, 6.45) is -1.83. The molecule has 0 amide bonds. The Hall–Kier alpha value is -0.710. The van der Waals surface area contributed by atoms with E-state index in [1.165, 1.54) is 0 Å². The number of carbonyl (C=O) groups excluding carboxylic acids is 1. The van der Waals surface area contributed by atoms with Gasteiger partial charge in [-0.3, -0.25) is 0 Å². The van der Waals surface area contributed by atoms with Crippen LogP contribution in [-0.4, -0.2) is 30.7 Å². The highest BCUT2D eigenvalue weighted by Crippen LogP contribution is 2.34. The van der Waals surface area contributed by atoms with Crippen molar-refractivity contribution in [3.8, 4) is 0 Å². The van der Waals surface area contributed by atoms with E-state index in [0.717, 1.165) is 0 Å². The van der Waals surface area contributed by atoms with Crippen molar-refractivity contribution in [1.29, 1.82) is 0 Å². The lowest BCUT2D eigenvalue weighted by atomic mass is 9.83. The summed E-state index contributed by atoms with van der Waals surface area (Å²) in [6.45, 7) is 5.14. The van der Waals surface area contributed by atoms with Crippen LogP contribution in [0.5, 0.6) is 0 Å². The zero-order valence-electron chi connectivity index (χ0n) is 9.83. The van der Waals surface area contributed by atoms with Gasteiger partial charge in [-0.15, -0.1) is 0 Å². The maximum Gasteiger partial charge on any atom is 0.332 e. The predicted molar refractivity (Wildman–Crippen MR) is 54.3 cm³/mol. The van der Waals surface area contributed by atoms with Crippen LogP contribution in [0.3, 0.4) is 0 Å². The first-order valence-corrected chi connectivity index (χ1v) is 5.39. The molecule has 0 aliphatic heterocycles. The summed E-state index contributed by atoms with van der Waals surface area (Å²) < 4.78 is 34.4. The van der Waals surface area contributed by atoms with E-state index in [4.69, 9.17) is 9.47 Å². The second kappa shape index (κ2) is 5.08. The normalized spacial score (nSPS) is 25.4. The number of halogens is 2. The smallest absolute Gasteiger partial charge is 0.332 e. The van der Waals surface area contributed by atoms with Gasteiger partial charge >= 0.3 is 5.97 Å². The summed E-state index contributed by atoms with van der Waals surface area (Å²) >= 11 is 0. The number of carbonyl (C=O) groups is 1. The molecule has 0 atom stereocenters. The van der Waals surface area contributed by atoms with Crippen molar-refractivity contribution < 1.29 is 23.0 Å². The fourth-order valence-corrected chi connectivity index (χ4v) is 1.50. The van der Waals surface area contributed by atoms with Crippen molar-refractivity contribution >= 4 is 5.97 Å². The largest absolute Gasteiger partial charge is 0.458 e. The van der Waals surface area contributed by atoms with Crippen LogP contribution in [0, 0.1) is 5.92 Å². The molecule has 16 heavy (non-hydrogen) atoms. The van der Waals surface area contributed by atoms with Crippen LogP contribution in [-0.2, 0) is 14.3 Å². The van der Waals surface area contributed by atoms with Crippen molar-refractivity contribution in [2.24, 2.45) is 5.92 Å². The molecular weight excluding hydrogens is 218 g/mol. The van der Waals surface area contributed by atoms with Crippen molar-refractivity contribution in [2.45, 2.75) is 51.7 Å². The zero-order valence-corrected chi connectivity index (χ0v) is 9.83. The van der Waals surface area contributed by atoms with Crippen molar-refractivity contribution in [1.82, 2.24) is 0 Å². The Kier molecular flexibility index (Phi) is 4.24. The monoisotopic (exact) mass is 236 g/mol. The lowest BCUT2D eigenvalue weighted by Gasteiger charge is -2.34. The first kappa shape index (κ1) is 13.4. The molecule has 0 saturated heterocycles. The molecule has 1 fully saturated rings. The topological polar surface area (TPSA) is 35.5 Å². The first-order chi connectivity index (χ1) is 7.28. The second-order valence-corrected chi connectivity index (χ2v) is 5.09. The molecule has 0 bridgehead atoms. The number of hydrogen-bond donors (Lipinski definition) is 0. The Balaban J connectivity index is 2.11. The van der Waals surface area contributed by atoms with E-state index in [-0.39, 0.29) is 12.7 Å². The number of esters is 1. The second-order valence-electron chi connectivity index (χ2n) is 5.09. The highest BCUT2D eigenvalue weighted by atomic mass is 19.3. The van der Waals surface area contributed by atoms with Gasteiger partial charge in [0.05, 0.1) is 6.10 Å². The molecule has 0 aromatic carbocycles. The van der Waals surface area contributed by atoms with Gasteiger partial charge in [0.2, 0.25) is 6.43 Å². The van der Waals surface area contributed by atoms with Gasteiger partial charge in [0.1, 0.15) is 12.2 Å². The van der Waals surface area contributed by atoms with Crippen LogP contribution in [0.15, 0.2) is 0 Å². The van der Waals surface area contributed by atoms with Crippen LogP contribution < -0.4 is 0 Å². The Bertz CT molecular complexity index is 242. The zero-order chi connectivity index (χ0) is 12.3. The number of alkyl halides is 2. The Morgan fingerprint density at radius 1 is 1.38 bits per heavy atom. The quantitative estimate of drug-likeness (QED) is 0.703. The van der Waals surface area contributed by atoms with E-state index in [2.05, 4.69) is 0 Å². The molecule has 0 heterocycles. The van der Waals surface area contributed by atoms with Crippen LogP contribution in [0.4, 0.5) is 8.78 Å². The van der Waals surface area contributed by atoms with Gasteiger partial charge in [0.25, 0.3) is 0 Å². The Labute approximate surface area is 94.1 Å². The minimum Gasteiger partial charge on any atom is -0.458 e. The molecule has 5 heteroatoms. The van der Waals surface area contributed by atoms with E-state index in [9.17, 15) is 13.6 Å². The highest BCUT2D eigenvalue weighted by molar-refractivity contribution is 5.71. The molecule has 1 aliphatic rings. The predicted octanol–water partition coefficient (Wildman–Crippen LogP) is 2.39. The molecule has 0 aromatic heterocycles. The minimum atomic E-state index is -2.28. The SMILES string of the molecule is CC(C)(C)OC(=O)COC1CC(C(F)F)C1. The average Bonchev–Trinajstić information content (AvgIpc) is 1.96. The third-order valence-corrected chi connectivity index (χ3v) is 2.34. The van der Waals surface area contributed by atoms with E-state index < -0.39 is 23.9 Å². The van der Waals surface area contributed by atoms with Crippen LogP contribution in [0.25, 0.3) is 0 Å². The molecule has 1 saturated carbocycles. The molecule has 94 valence electrons. The van der Waals surface area contributed by atoms with E-state index in [1.54, 1.807) is 20.8 Å². The molecule has 1 rings (SSSR count). The molecule has 3 nitrogen and oxygen atoms in total. The van der Waals surface area contributed by atoms with Crippen LogP contribution in [0.1, 0.15) is 33.6 Å². The molecule has 1 aliphatic carbocycles. The summed E-state index contributed by atoms with van der Waals surface area (Å²) in [4.78, 5) is 11.2. The van der Waals surface area contributed by atoms with Crippen LogP contribution in [0.2, 0.25) is 0 Å². The summed E-state index contributed by atoms with van der Waals surface area (Å²) in [5.74, 6) is -1.02. The summed E-state index contributed by atoms with van der Waals surface area (Å²) in [5.41, 5.74) is -0.536. The Morgan fingerprint density at radius 2 is 1.94 bits per heavy atom. The van der Waals surface area contributed by atoms with E-state index in [1.807, 2.05) is 0 Å². The Morgan fingerprint density at radius 3 is 2.38 bits per heavy atom. The standard InChI is InChI=1S/C11H18F2O3/c1-11(2,3)16-9(14)6-15-8-4-7(5-8)10(12)13/h7-8,10H,4-6H2,1-3H3. The van der Waals surface area contributed by atoms with Gasteiger partial charge in [-0.05, 0) is 33.6 Å². The summed E-state index contributed by atoms with van der Waals surface area (Å²) in [6, 6.07) is 0. The van der Waals surface area contributed by atoms with Gasteiger partial charge < -0.3 is 9.47 Å². The van der Waals surface area contributed by atoms with Crippen LogP contribution >= 0.6 is 0 Å². The number of ether oxygens (including phenoxy) is 2. The maximum atomic E-state index is 12.1. The first-order valence-electron chi connectivity index (χ1n) is 5.39. The average molecular weight is 236 g/mol. The molecule has 0 N–H and O–H groups in total. The van der Waals surface area contributed by atoms with E-state index in [0.29, 0.717) is 12.8 Å². The summed E-state index contributed by atoms with van der Waals surface area (Å²) in [7, 11) is 0. The lowest BCUT2D eigenvalue weighted by molar-refractivity contribution is -0.166. The summed E-state index contributed by atoms with van der Waals surface area (Å²) in [5, 5.41) is 0. The maximum absolute atomic E-state index is 12.1. The van der Waals surface area contributed by atoms with Crippen molar-refractivity contribution in [3.63, 3.8) is 0 Å². The highest BCUT2D eigenvalue weighted by Gasteiger charge is 2.36. The van der Waals surface area contributed by atoms with E-state index >= 15 is 0 Å². The molecule has 0 aromatic rings. The molecule has 0 radical (unpaired) electrons. The fourth-order valence-electron chi connectivity index (χ4n) is 1.50. The molecule has 0 unspecified atom stereocenters. The van der Waals surface area contributed by atoms with Crippen molar-refractivity contribution in [3.05, 3.63) is 0 Å². The third kappa shape index (κ3) is 4.43. The third-order valence-electron chi connectivity index (χ3n) is 2.34. The molecule has 0 spiro atoms. The number of rotatable bonds is 4. The minimum absolute atomic E-state index is 0.155. The van der Waals surface area contributed by atoms with Crippen molar-refractivity contribution in [2.75, 3.05) is 6.61 Å². The van der Waals surface area contributed by atoms with Gasteiger partial charge in [-0.1, -0.05) is 0 Å². The van der Waals surface area contributed by atoms with Gasteiger partial charge in [0.15, 0.2) is 0 Å².